The van der Waals surface area contributed by atoms with E-state index in [9.17, 15) is 13.2 Å². The van der Waals surface area contributed by atoms with Gasteiger partial charge in [-0.25, -0.2) is 0 Å². The molecule has 0 saturated carbocycles. The minimum absolute atomic E-state index is 0.0733. The largest absolute Gasteiger partial charge is 0.418 e. The van der Waals surface area contributed by atoms with Crippen LogP contribution in [0.25, 0.3) is 0 Å². The average Bonchev–Trinajstić information content (AvgIpc) is 2.33. The van der Waals surface area contributed by atoms with Crippen molar-refractivity contribution in [1.29, 1.82) is 0 Å². The Kier molecular flexibility index (Phi) is 5.47. The first kappa shape index (κ1) is 15.6. The van der Waals surface area contributed by atoms with Gasteiger partial charge in [0.15, 0.2) is 0 Å². The highest BCUT2D eigenvalue weighted by molar-refractivity contribution is 5.60. The molecule has 6 heteroatoms. The van der Waals surface area contributed by atoms with E-state index < -0.39 is 11.7 Å². The van der Waals surface area contributed by atoms with E-state index in [0.717, 1.165) is 18.9 Å². The van der Waals surface area contributed by atoms with Gasteiger partial charge in [-0.3, -0.25) is 0 Å². The number of unbranched alkanes of at least 4 members (excludes halogenated alkanes) is 1. The van der Waals surface area contributed by atoms with Gasteiger partial charge in [0.05, 0.1) is 12.2 Å². The minimum atomic E-state index is -4.45. The second kappa shape index (κ2) is 6.65. The Hall–Kier alpha value is -1.43. The molecular formula is C13H19F3N2O. The van der Waals surface area contributed by atoms with E-state index in [-0.39, 0.29) is 24.5 Å². The highest BCUT2D eigenvalue weighted by Crippen LogP contribution is 2.37. The molecule has 1 aromatic rings. The zero-order valence-corrected chi connectivity index (χ0v) is 10.9. The van der Waals surface area contributed by atoms with Gasteiger partial charge in [-0.2, -0.15) is 13.2 Å². The van der Waals surface area contributed by atoms with Gasteiger partial charge in [0, 0.05) is 24.5 Å². The predicted octanol–water partition coefficient (Wildman–Crippen LogP) is 2.89. The average molecular weight is 276 g/mol. The van der Waals surface area contributed by atoms with E-state index in [2.05, 4.69) is 0 Å². The first-order chi connectivity index (χ1) is 8.90. The fraction of sp³-hybridized carbons (Fsp3) is 0.538. The van der Waals surface area contributed by atoms with Gasteiger partial charge in [-0.05, 0) is 24.6 Å². The Labute approximate surface area is 110 Å². The highest BCUT2D eigenvalue weighted by atomic mass is 19.4. The van der Waals surface area contributed by atoms with Crippen LogP contribution in [0.15, 0.2) is 18.2 Å². The van der Waals surface area contributed by atoms with E-state index in [4.69, 9.17) is 10.8 Å². The smallest absolute Gasteiger partial charge is 0.399 e. The number of anilines is 2. The zero-order valence-electron chi connectivity index (χ0n) is 10.9. The summed E-state index contributed by atoms with van der Waals surface area (Å²) in [5.74, 6) is 0. The molecule has 0 fully saturated rings. The third kappa shape index (κ3) is 4.31. The molecule has 1 aromatic carbocycles. The molecule has 0 aromatic heterocycles. The van der Waals surface area contributed by atoms with Crippen LogP contribution >= 0.6 is 0 Å². The summed E-state index contributed by atoms with van der Waals surface area (Å²) < 4.78 is 39.0. The van der Waals surface area contributed by atoms with E-state index in [0.29, 0.717) is 6.54 Å². The van der Waals surface area contributed by atoms with Crippen LogP contribution < -0.4 is 10.6 Å². The molecule has 0 unspecified atom stereocenters. The fourth-order valence-electron chi connectivity index (χ4n) is 1.88. The number of nitrogen functional groups attached to an aromatic ring is 1. The molecule has 0 bridgehead atoms. The van der Waals surface area contributed by atoms with Gasteiger partial charge < -0.3 is 15.7 Å². The van der Waals surface area contributed by atoms with Crippen LogP contribution in [0.2, 0.25) is 0 Å². The number of nitrogens with two attached hydrogens (primary N) is 1. The molecule has 0 saturated heterocycles. The number of halogens is 3. The van der Waals surface area contributed by atoms with Gasteiger partial charge in [0.25, 0.3) is 0 Å². The van der Waals surface area contributed by atoms with Gasteiger partial charge in [0.1, 0.15) is 0 Å². The second-order valence-electron chi connectivity index (χ2n) is 4.34. The van der Waals surface area contributed by atoms with E-state index in [1.807, 2.05) is 6.92 Å². The number of aliphatic hydroxyl groups is 1. The lowest BCUT2D eigenvalue weighted by molar-refractivity contribution is -0.137. The number of benzene rings is 1. The predicted molar refractivity (Wildman–Crippen MR) is 70.1 cm³/mol. The number of hydrogen-bond acceptors (Lipinski definition) is 3. The maximum Gasteiger partial charge on any atom is 0.418 e. The van der Waals surface area contributed by atoms with Gasteiger partial charge in [0.2, 0.25) is 0 Å². The van der Waals surface area contributed by atoms with Crippen molar-refractivity contribution < 1.29 is 18.3 Å². The van der Waals surface area contributed by atoms with Crippen molar-refractivity contribution in [3.63, 3.8) is 0 Å². The van der Waals surface area contributed by atoms with Crippen LogP contribution in [0.3, 0.4) is 0 Å². The molecule has 0 aliphatic heterocycles. The van der Waals surface area contributed by atoms with Crippen LogP contribution in [0.5, 0.6) is 0 Å². The van der Waals surface area contributed by atoms with Crippen molar-refractivity contribution in [2.75, 3.05) is 30.3 Å². The molecule has 1 rings (SSSR count). The van der Waals surface area contributed by atoms with E-state index in [1.54, 1.807) is 4.90 Å². The van der Waals surface area contributed by atoms with E-state index >= 15 is 0 Å². The molecule has 0 heterocycles. The molecule has 108 valence electrons. The van der Waals surface area contributed by atoms with Crippen LogP contribution in [0.1, 0.15) is 25.3 Å². The summed E-state index contributed by atoms with van der Waals surface area (Å²) in [6.07, 6.45) is -2.81. The number of hydrogen-bond donors (Lipinski definition) is 2. The van der Waals surface area contributed by atoms with Crippen LogP contribution in [0.4, 0.5) is 24.5 Å². The molecule has 0 radical (unpaired) electrons. The molecule has 0 atom stereocenters. The number of alkyl halides is 3. The monoisotopic (exact) mass is 276 g/mol. The zero-order chi connectivity index (χ0) is 14.5. The van der Waals surface area contributed by atoms with Crippen molar-refractivity contribution in [2.24, 2.45) is 0 Å². The van der Waals surface area contributed by atoms with Crippen molar-refractivity contribution in [3.8, 4) is 0 Å². The van der Waals surface area contributed by atoms with Gasteiger partial charge in [-0.15, -0.1) is 0 Å². The standard InChI is InChI=1S/C13H19F3N2O/c1-2-3-6-18(7-8-19)12-5-4-10(17)9-11(12)13(14,15)16/h4-5,9,19H,2-3,6-8,17H2,1H3. The third-order valence-corrected chi connectivity index (χ3v) is 2.82. The normalized spacial score (nSPS) is 11.6. The molecule has 0 aliphatic carbocycles. The van der Waals surface area contributed by atoms with Crippen molar-refractivity contribution >= 4 is 11.4 Å². The fourth-order valence-corrected chi connectivity index (χ4v) is 1.88. The summed E-state index contributed by atoms with van der Waals surface area (Å²) in [6, 6.07) is 3.75. The highest BCUT2D eigenvalue weighted by Gasteiger charge is 2.35. The Balaban J connectivity index is 3.14. The van der Waals surface area contributed by atoms with Crippen molar-refractivity contribution in [2.45, 2.75) is 25.9 Å². The Morgan fingerprint density at radius 3 is 2.47 bits per heavy atom. The SMILES string of the molecule is CCCCN(CCO)c1ccc(N)cc1C(F)(F)F. The van der Waals surface area contributed by atoms with Crippen LogP contribution in [0, 0.1) is 0 Å². The summed E-state index contributed by atoms with van der Waals surface area (Å²) in [5.41, 5.74) is 4.83. The lowest BCUT2D eigenvalue weighted by Gasteiger charge is -2.27. The maximum atomic E-state index is 13.0. The molecule has 3 N–H and O–H groups in total. The van der Waals surface area contributed by atoms with E-state index in [1.165, 1.54) is 12.1 Å². The first-order valence-corrected chi connectivity index (χ1v) is 6.22. The number of rotatable bonds is 6. The Bertz CT molecular complexity index is 407. The minimum Gasteiger partial charge on any atom is -0.399 e. The van der Waals surface area contributed by atoms with Crippen molar-refractivity contribution in [1.82, 2.24) is 0 Å². The lowest BCUT2D eigenvalue weighted by Crippen LogP contribution is -2.30. The van der Waals surface area contributed by atoms with Crippen molar-refractivity contribution in [3.05, 3.63) is 23.8 Å². The first-order valence-electron chi connectivity index (χ1n) is 6.22. The molecular weight excluding hydrogens is 257 g/mol. The number of aliphatic hydroxyl groups excluding tert-OH is 1. The topological polar surface area (TPSA) is 49.5 Å². The summed E-state index contributed by atoms with van der Waals surface area (Å²) in [4.78, 5) is 1.55. The molecule has 3 nitrogen and oxygen atoms in total. The summed E-state index contributed by atoms with van der Waals surface area (Å²) >= 11 is 0. The summed E-state index contributed by atoms with van der Waals surface area (Å²) in [7, 11) is 0. The molecule has 19 heavy (non-hydrogen) atoms. The Morgan fingerprint density at radius 2 is 1.95 bits per heavy atom. The van der Waals surface area contributed by atoms with Gasteiger partial charge in [-0.1, -0.05) is 13.3 Å². The molecule has 0 amide bonds. The molecule has 0 spiro atoms. The van der Waals surface area contributed by atoms with Crippen LogP contribution in [-0.4, -0.2) is 24.8 Å². The van der Waals surface area contributed by atoms with Crippen LogP contribution in [-0.2, 0) is 6.18 Å². The molecule has 0 aliphatic rings. The summed E-state index contributed by atoms with van der Waals surface area (Å²) in [5, 5.41) is 9.00. The second-order valence-corrected chi connectivity index (χ2v) is 4.34. The summed E-state index contributed by atoms with van der Waals surface area (Å²) in [6.45, 7) is 2.42. The lowest BCUT2D eigenvalue weighted by atomic mass is 10.1. The quantitative estimate of drug-likeness (QED) is 0.785. The Morgan fingerprint density at radius 1 is 1.26 bits per heavy atom. The third-order valence-electron chi connectivity index (χ3n) is 2.82. The number of nitrogens with zero attached hydrogens (tertiary/aromatic N) is 1. The maximum absolute atomic E-state index is 13.0. The van der Waals surface area contributed by atoms with Gasteiger partial charge >= 0.3 is 6.18 Å².